The number of aromatic hydroxyl groups is 1. The molecule has 1 N–H and O–H groups in total. The average molecular weight is 450 g/mol. The van der Waals surface area contributed by atoms with Crippen LogP contribution in [0.15, 0.2) is 112 Å². The van der Waals surface area contributed by atoms with E-state index in [9.17, 15) is 9.90 Å². The van der Waals surface area contributed by atoms with Crippen molar-refractivity contribution in [2.75, 3.05) is 0 Å². The van der Waals surface area contributed by atoms with Crippen LogP contribution in [0, 0.1) is 0 Å². The van der Waals surface area contributed by atoms with Crippen molar-refractivity contribution in [3.8, 4) is 28.6 Å². The number of ether oxygens (including phenoxy) is 2. The average Bonchev–Trinajstić information content (AvgIpc) is 2.89. The lowest BCUT2D eigenvalue weighted by Crippen LogP contribution is -2.06. The van der Waals surface area contributed by atoms with E-state index in [1.165, 1.54) is 12.1 Å². The molecule has 0 saturated carbocycles. The Labute approximate surface area is 196 Å². The molecule has 0 aliphatic rings. The van der Waals surface area contributed by atoms with Crippen LogP contribution < -0.4 is 14.9 Å². The minimum atomic E-state index is -0.312. The molecule has 0 saturated heterocycles. The fourth-order valence-corrected chi connectivity index (χ4v) is 3.72. The summed E-state index contributed by atoms with van der Waals surface area (Å²) in [6.45, 7) is 0.409. The molecular weight excluding hydrogens is 428 g/mol. The first kappa shape index (κ1) is 21.3. The highest BCUT2D eigenvalue weighted by molar-refractivity contribution is 5.89. The van der Waals surface area contributed by atoms with Gasteiger partial charge in [-0.2, -0.15) is 0 Å². The van der Waals surface area contributed by atoms with Gasteiger partial charge in [0.25, 0.3) is 0 Å². The van der Waals surface area contributed by atoms with Crippen LogP contribution in [-0.2, 0) is 13.2 Å². The molecule has 5 nitrogen and oxygen atoms in total. The van der Waals surface area contributed by atoms with Crippen molar-refractivity contribution in [1.82, 2.24) is 0 Å². The first-order valence-electron chi connectivity index (χ1n) is 10.9. The molecule has 0 spiro atoms. The smallest absolute Gasteiger partial charge is 0.201 e. The second-order valence-electron chi connectivity index (χ2n) is 7.82. The minimum Gasteiger partial charge on any atom is -0.502 e. The van der Waals surface area contributed by atoms with E-state index in [-0.39, 0.29) is 46.9 Å². The van der Waals surface area contributed by atoms with Gasteiger partial charge in [0.1, 0.15) is 29.9 Å². The van der Waals surface area contributed by atoms with Crippen LogP contribution in [0.5, 0.6) is 17.2 Å². The van der Waals surface area contributed by atoms with Crippen molar-refractivity contribution in [3.63, 3.8) is 0 Å². The molecule has 0 fully saturated rings. The standard InChI is InChI=1S/C29H22O5/c30-23-16-24(22-14-8-3-9-15-22)34-25-17-26(32-18-20-10-4-1-5-11-20)28(31)29(27(23)25)33-19-21-12-6-2-7-13-21/h1-17,31H,18-19H2. The van der Waals surface area contributed by atoms with Crippen LogP contribution in [0.2, 0.25) is 0 Å². The third-order valence-corrected chi connectivity index (χ3v) is 5.43. The molecule has 0 atom stereocenters. The lowest BCUT2D eigenvalue weighted by Gasteiger charge is -2.15. The molecule has 5 aromatic rings. The summed E-state index contributed by atoms with van der Waals surface area (Å²) in [5, 5.41) is 11.2. The van der Waals surface area contributed by atoms with E-state index >= 15 is 0 Å². The maximum Gasteiger partial charge on any atom is 0.201 e. The second kappa shape index (κ2) is 9.55. The number of hydrogen-bond acceptors (Lipinski definition) is 5. The van der Waals surface area contributed by atoms with Crippen LogP contribution in [0.4, 0.5) is 0 Å². The molecule has 5 heteroatoms. The third kappa shape index (κ3) is 4.50. The summed E-state index contributed by atoms with van der Waals surface area (Å²) in [5.74, 6) is 0.400. The Balaban J connectivity index is 1.60. The number of benzene rings is 4. The topological polar surface area (TPSA) is 68.9 Å². The highest BCUT2D eigenvalue weighted by Crippen LogP contribution is 2.43. The lowest BCUT2D eigenvalue weighted by molar-refractivity contribution is 0.265. The van der Waals surface area contributed by atoms with Crippen LogP contribution >= 0.6 is 0 Å². The molecule has 4 aromatic carbocycles. The molecule has 0 unspecified atom stereocenters. The third-order valence-electron chi connectivity index (χ3n) is 5.43. The van der Waals surface area contributed by atoms with E-state index in [1.807, 2.05) is 91.0 Å². The molecule has 0 amide bonds. The van der Waals surface area contributed by atoms with E-state index in [2.05, 4.69) is 0 Å². The molecule has 0 radical (unpaired) electrons. The van der Waals surface area contributed by atoms with Gasteiger partial charge in [0, 0.05) is 17.7 Å². The number of hydrogen-bond donors (Lipinski definition) is 1. The fraction of sp³-hybridized carbons (Fsp3) is 0.0690. The van der Waals surface area contributed by atoms with E-state index in [4.69, 9.17) is 13.9 Å². The summed E-state index contributed by atoms with van der Waals surface area (Å²) in [5.41, 5.74) is 2.57. The Bertz CT molecular complexity index is 1460. The molecule has 34 heavy (non-hydrogen) atoms. The van der Waals surface area contributed by atoms with Gasteiger partial charge in [-0.15, -0.1) is 0 Å². The quantitative estimate of drug-likeness (QED) is 0.314. The predicted molar refractivity (Wildman–Crippen MR) is 131 cm³/mol. The van der Waals surface area contributed by atoms with Crippen molar-refractivity contribution in [3.05, 3.63) is 124 Å². The molecular formula is C29H22O5. The Kier molecular flexibility index (Phi) is 5.99. The summed E-state index contributed by atoms with van der Waals surface area (Å²) >= 11 is 0. The largest absolute Gasteiger partial charge is 0.502 e. The van der Waals surface area contributed by atoms with Crippen molar-refractivity contribution >= 4 is 11.0 Å². The van der Waals surface area contributed by atoms with Crippen LogP contribution in [0.1, 0.15) is 11.1 Å². The van der Waals surface area contributed by atoms with E-state index in [1.54, 1.807) is 0 Å². The summed E-state index contributed by atoms with van der Waals surface area (Å²) in [4.78, 5) is 13.2. The van der Waals surface area contributed by atoms with Crippen LogP contribution in [0.3, 0.4) is 0 Å². The van der Waals surface area contributed by atoms with Crippen molar-refractivity contribution in [2.24, 2.45) is 0 Å². The predicted octanol–water partition coefficient (Wildman–Crippen LogP) is 6.32. The zero-order valence-corrected chi connectivity index (χ0v) is 18.3. The number of rotatable bonds is 7. The molecule has 1 heterocycles. The van der Waals surface area contributed by atoms with Gasteiger partial charge in [-0.3, -0.25) is 4.79 Å². The zero-order valence-electron chi connectivity index (χ0n) is 18.3. The molecule has 0 aliphatic heterocycles. The fourth-order valence-electron chi connectivity index (χ4n) is 3.72. The Hall–Kier alpha value is -4.51. The number of phenolic OH excluding ortho intramolecular Hbond substituents is 1. The van der Waals surface area contributed by atoms with Gasteiger partial charge < -0.3 is 19.0 Å². The van der Waals surface area contributed by atoms with Gasteiger partial charge in [-0.05, 0) is 11.1 Å². The van der Waals surface area contributed by atoms with Gasteiger partial charge in [-0.1, -0.05) is 91.0 Å². The Morgan fingerprint density at radius 2 is 1.26 bits per heavy atom. The van der Waals surface area contributed by atoms with Gasteiger partial charge in [0.15, 0.2) is 16.9 Å². The maximum atomic E-state index is 13.2. The van der Waals surface area contributed by atoms with Crippen molar-refractivity contribution < 1.29 is 19.0 Å². The summed E-state index contributed by atoms with van der Waals surface area (Å²) in [6, 6.07) is 31.5. The summed E-state index contributed by atoms with van der Waals surface area (Å²) in [7, 11) is 0. The summed E-state index contributed by atoms with van der Waals surface area (Å²) < 4.78 is 18.0. The van der Waals surface area contributed by atoms with E-state index in [0.717, 1.165) is 16.7 Å². The second-order valence-corrected chi connectivity index (χ2v) is 7.82. The highest BCUT2D eigenvalue weighted by Gasteiger charge is 2.21. The number of fused-ring (bicyclic) bond motifs is 1. The van der Waals surface area contributed by atoms with Crippen LogP contribution in [-0.4, -0.2) is 5.11 Å². The van der Waals surface area contributed by atoms with Gasteiger partial charge >= 0.3 is 0 Å². The molecule has 0 bridgehead atoms. The van der Waals surface area contributed by atoms with Crippen LogP contribution in [0.25, 0.3) is 22.3 Å². The molecule has 1 aromatic heterocycles. The molecule has 0 aliphatic carbocycles. The highest BCUT2D eigenvalue weighted by atomic mass is 16.5. The Morgan fingerprint density at radius 1 is 0.706 bits per heavy atom. The lowest BCUT2D eigenvalue weighted by atomic mass is 10.1. The number of phenols is 1. The SMILES string of the molecule is O=c1cc(-c2ccccc2)oc2cc(OCc3ccccc3)c(O)c(OCc3ccccc3)c12. The van der Waals surface area contributed by atoms with E-state index < -0.39 is 0 Å². The van der Waals surface area contributed by atoms with Gasteiger partial charge in [0.2, 0.25) is 5.75 Å². The van der Waals surface area contributed by atoms with Gasteiger partial charge in [0.05, 0.1) is 0 Å². The normalized spacial score (nSPS) is 10.8. The van der Waals surface area contributed by atoms with Gasteiger partial charge in [-0.25, -0.2) is 0 Å². The minimum absolute atomic E-state index is 0.0396. The zero-order chi connectivity index (χ0) is 23.3. The first-order valence-corrected chi connectivity index (χ1v) is 10.9. The summed E-state index contributed by atoms with van der Waals surface area (Å²) in [6.07, 6.45) is 0. The maximum absolute atomic E-state index is 13.2. The Morgan fingerprint density at radius 3 is 1.88 bits per heavy atom. The van der Waals surface area contributed by atoms with E-state index in [0.29, 0.717) is 5.76 Å². The first-order chi connectivity index (χ1) is 16.7. The monoisotopic (exact) mass is 450 g/mol. The van der Waals surface area contributed by atoms with Crippen molar-refractivity contribution in [2.45, 2.75) is 13.2 Å². The molecule has 168 valence electrons. The van der Waals surface area contributed by atoms with Crippen molar-refractivity contribution in [1.29, 1.82) is 0 Å². The molecule has 5 rings (SSSR count).